The summed E-state index contributed by atoms with van der Waals surface area (Å²) in [5.41, 5.74) is 3.01. The van der Waals surface area contributed by atoms with Gasteiger partial charge in [0.15, 0.2) is 4.96 Å². The van der Waals surface area contributed by atoms with E-state index in [2.05, 4.69) is 10.3 Å². The number of fused-ring (bicyclic) bond motifs is 1. The summed E-state index contributed by atoms with van der Waals surface area (Å²) in [6.45, 7) is 2.58. The van der Waals surface area contributed by atoms with Crippen molar-refractivity contribution in [2.75, 3.05) is 6.54 Å². The minimum Gasteiger partial charge on any atom is -0.356 e. The normalized spacial score (nSPS) is 10.8. The largest absolute Gasteiger partial charge is 0.356 e. The van der Waals surface area contributed by atoms with E-state index in [9.17, 15) is 4.79 Å². The molecule has 0 saturated heterocycles. The Kier molecular flexibility index (Phi) is 3.52. The maximum atomic E-state index is 11.7. The van der Waals surface area contributed by atoms with Crippen molar-refractivity contribution in [2.45, 2.75) is 13.3 Å². The molecule has 0 aliphatic rings. The highest BCUT2D eigenvalue weighted by Crippen LogP contribution is 2.23. The summed E-state index contributed by atoms with van der Waals surface area (Å²) >= 11 is 1.56. The molecule has 0 unspecified atom stereocenters. The van der Waals surface area contributed by atoms with E-state index in [1.54, 1.807) is 11.3 Å². The van der Waals surface area contributed by atoms with Gasteiger partial charge in [-0.15, -0.1) is 11.3 Å². The van der Waals surface area contributed by atoms with Crippen molar-refractivity contribution in [2.24, 2.45) is 0 Å². The van der Waals surface area contributed by atoms with Crippen LogP contribution in [0.15, 0.2) is 41.9 Å². The molecule has 4 nitrogen and oxygen atoms in total. The second-order valence-electron chi connectivity index (χ2n) is 4.50. The monoisotopic (exact) mass is 285 g/mol. The smallest absolute Gasteiger partial charge is 0.225 e. The zero-order valence-electron chi connectivity index (χ0n) is 11.2. The number of carbonyl (C=O) groups is 1. The van der Waals surface area contributed by atoms with Crippen molar-refractivity contribution >= 4 is 22.2 Å². The number of benzene rings is 1. The van der Waals surface area contributed by atoms with Crippen molar-refractivity contribution in [3.8, 4) is 11.3 Å². The Bertz CT molecular complexity index is 730. The van der Waals surface area contributed by atoms with Gasteiger partial charge in [-0.3, -0.25) is 9.20 Å². The first-order valence-corrected chi connectivity index (χ1v) is 7.43. The first-order valence-electron chi connectivity index (χ1n) is 6.55. The third kappa shape index (κ3) is 2.44. The lowest BCUT2D eigenvalue weighted by molar-refractivity contribution is -0.120. The summed E-state index contributed by atoms with van der Waals surface area (Å²) in [4.78, 5) is 17.2. The van der Waals surface area contributed by atoms with Crippen molar-refractivity contribution in [3.05, 3.63) is 47.6 Å². The zero-order chi connectivity index (χ0) is 13.9. The van der Waals surface area contributed by atoms with Gasteiger partial charge in [0.25, 0.3) is 0 Å². The number of hydrogen-bond acceptors (Lipinski definition) is 3. The number of amides is 1. The predicted molar refractivity (Wildman–Crippen MR) is 80.9 cm³/mol. The molecule has 1 aromatic carbocycles. The van der Waals surface area contributed by atoms with Crippen LogP contribution in [0.2, 0.25) is 0 Å². The number of imidazole rings is 1. The Morgan fingerprint density at radius 2 is 2.15 bits per heavy atom. The fourth-order valence-corrected chi connectivity index (χ4v) is 3.00. The molecule has 102 valence electrons. The molecule has 1 amide bonds. The zero-order valence-corrected chi connectivity index (χ0v) is 12.0. The van der Waals surface area contributed by atoms with Crippen LogP contribution in [-0.2, 0) is 11.2 Å². The molecule has 5 heteroatoms. The number of rotatable bonds is 4. The van der Waals surface area contributed by atoms with E-state index < -0.39 is 0 Å². The van der Waals surface area contributed by atoms with Crippen LogP contribution in [0.5, 0.6) is 0 Å². The molecule has 0 saturated carbocycles. The average Bonchev–Trinajstić information content (AvgIpc) is 3.02. The highest BCUT2D eigenvalue weighted by atomic mass is 32.1. The fraction of sp³-hybridized carbons (Fsp3) is 0.200. The first kappa shape index (κ1) is 12.9. The minimum absolute atomic E-state index is 0.0437. The lowest BCUT2D eigenvalue weighted by atomic mass is 10.2. The third-order valence-corrected chi connectivity index (χ3v) is 3.96. The molecule has 0 atom stereocenters. The lowest BCUT2D eigenvalue weighted by Gasteiger charge is -2.00. The van der Waals surface area contributed by atoms with Gasteiger partial charge in [0, 0.05) is 29.4 Å². The number of likely N-dealkylation sites (N-methyl/N-ethyl adjacent to an activating group) is 1. The van der Waals surface area contributed by atoms with Crippen LogP contribution in [0.1, 0.15) is 12.6 Å². The summed E-state index contributed by atoms with van der Waals surface area (Å²) in [7, 11) is 0. The van der Waals surface area contributed by atoms with Crippen LogP contribution in [-0.4, -0.2) is 21.8 Å². The van der Waals surface area contributed by atoms with Gasteiger partial charge in [-0.2, -0.15) is 0 Å². The van der Waals surface area contributed by atoms with Crippen LogP contribution in [0, 0.1) is 0 Å². The second-order valence-corrected chi connectivity index (χ2v) is 5.34. The van der Waals surface area contributed by atoms with Crippen LogP contribution >= 0.6 is 11.3 Å². The number of thiazole rings is 1. The van der Waals surface area contributed by atoms with Crippen molar-refractivity contribution in [1.82, 2.24) is 14.7 Å². The Labute approximate surface area is 121 Å². The minimum atomic E-state index is 0.0437. The molecule has 0 aliphatic heterocycles. The summed E-state index contributed by atoms with van der Waals surface area (Å²) in [6.07, 6.45) is 2.38. The molecule has 3 rings (SSSR count). The van der Waals surface area contributed by atoms with Gasteiger partial charge < -0.3 is 5.32 Å². The topological polar surface area (TPSA) is 46.4 Å². The van der Waals surface area contributed by atoms with Gasteiger partial charge in [0.2, 0.25) is 5.91 Å². The standard InChI is InChI=1S/C15H15N3OS/c1-2-16-14(19)8-12-10-20-15-17-13(9-18(12)15)11-6-4-3-5-7-11/h3-7,9-10H,2,8H2,1H3,(H,16,19). The summed E-state index contributed by atoms with van der Waals surface area (Å²) in [6, 6.07) is 10.1. The predicted octanol–water partition coefficient (Wildman–Crippen LogP) is 2.74. The van der Waals surface area contributed by atoms with Crippen molar-refractivity contribution < 1.29 is 4.79 Å². The molecule has 2 heterocycles. The SMILES string of the molecule is CCNC(=O)Cc1csc2nc(-c3ccccc3)cn12. The fourth-order valence-electron chi connectivity index (χ4n) is 2.13. The van der Waals surface area contributed by atoms with E-state index in [-0.39, 0.29) is 5.91 Å². The molecule has 0 fully saturated rings. The summed E-state index contributed by atoms with van der Waals surface area (Å²) in [5.74, 6) is 0.0437. The molecule has 3 aromatic rings. The molecule has 20 heavy (non-hydrogen) atoms. The second kappa shape index (κ2) is 5.46. The van der Waals surface area contributed by atoms with Crippen molar-refractivity contribution in [1.29, 1.82) is 0 Å². The van der Waals surface area contributed by atoms with Crippen molar-refractivity contribution in [3.63, 3.8) is 0 Å². The van der Waals surface area contributed by atoms with Gasteiger partial charge in [0.1, 0.15) is 0 Å². The Balaban J connectivity index is 1.93. The number of nitrogens with zero attached hydrogens (tertiary/aromatic N) is 2. The number of aromatic nitrogens is 2. The molecule has 0 radical (unpaired) electrons. The number of hydrogen-bond donors (Lipinski definition) is 1. The van der Waals surface area contributed by atoms with Crippen LogP contribution < -0.4 is 5.32 Å². The Morgan fingerprint density at radius 3 is 2.90 bits per heavy atom. The molecular weight excluding hydrogens is 270 g/mol. The van der Waals surface area contributed by atoms with E-state index in [4.69, 9.17) is 0 Å². The maximum absolute atomic E-state index is 11.7. The molecular formula is C15H15N3OS. The number of nitrogens with one attached hydrogen (secondary N) is 1. The molecule has 0 spiro atoms. The quantitative estimate of drug-likeness (QED) is 0.801. The lowest BCUT2D eigenvalue weighted by Crippen LogP contribution is -2.24. The highest BCUT2D eigenvalue weighted by Gasteiger charge is 2.11. The van der Waals surface area contributed by atoms with Gasteiger partial charge >= 0.3 is 0 Å². The highest BCUT2D eigenvalue weighted by molar-refractivity contribution is 7.15. The first-order chi connectivity index (χ1) is 9.78. The van der Waals surface area contributed by atoms with E-state index in [1.807, 2.05) is 53.2 Å². The number of carbonyl (C=O) groups excluding carboxylic acids is 1. The van der Waals surface area contributed by atoms with Gasteiger partial charge in [-0.1, -0.05) is 30.3 Å². The van der Waals surface area contributed by atoms with Crippen LogP contribution in [0.4, 0.5) is 0 Å². The molecule has 0 bridgehead atoms. The van der Waals surface area contributed by atoms with Crippen LogP contribution in [0.3, 0.4) is 0 Å². The van der Waals surface area contributed by atoms with Gasteiger partial charge in [0.05, 0.1) is 12.1 Å². The Hall–Kier alpha value is -2.14. The van der Waals surface area contributed by atoms with Gasteiger partial charge in [-0.05, 0) is 6.92 Å². The third-order valence-electron chi connectivity index (χ3n) is 3.07. The molecule has 0 aliphatic carbocycles. The van der Waals surface area contributed by atoms with Crippen LogP contribution in [0.25, 0.3) is 16.2 Å². The molecule has 1 N–H and O–H groups in total. The maximum Gasteiger partial charge on any atom is 0.225 e. The van der Waals surface area contributed by atoms with E-state index in [0.29, 0.717) is 13.0 Å². The Morgan fingerprint density at radius 1 is 1.35 bits per heavy atom. The van der Waals surface area contributed by atoms with E-state index >= 15 is 0 Å². The van der Waals surface area contributed by atoms with E-state index in [1.165, 1.54) is 0 Å². The average molecular weight is 285 g/mol. The summed E-state index contributed by atoms with van der Waals surface area (Å²) in [5, 5.41) is 4.81. The molecule has 2 aromatic heterocycles. The van der Waals surface area contributed by atoms with Gasteiger partial charge in [-0.25, -0.2) is 4.98 Å². The van der Waals surface area contributed by atoms with E-state index in [0.717, 1.165) is 21.9 Å². The summed E-state index contributed by atoms with van der Waals surface area (Å²) < 4.78 is 2.00.